The number of hydrogen-bond donors (Lipinski definition) is 3. The van der Waals surface area contributed by atoms with E-state index in [1.807, 2.05) is 13.8 Å². The molecular weight excluding hydrogens is 476 g/mol. The number of aldehydes is 1. The summed E-state index contributed by atoms with van der Waals surface area (Å²) in [5.74, 6) is 0.972. The standard InChI is InChI=1S/C27H32N4O4S/c1-5-8-11-21(16-32)30-25(33)18(4)29-27(35)23(14-19(9-6-2)10-7-3)31-26(34)20-12-13-22-24(15-20)36-17-28-22/h2,7,9-10,12-13,15-18,21,23H,5,8,11,14H2,1,3-4H3,(H,29,35)(H,30,33)(H,31,34). The molecular formula is C27H32N4O4S. The lowest BCUT2D eigenvalue weighted by Crippen LogP contribution is -2.54. The minimum Gasteiger partial charge on any atom is -0.345 e. The summed E-state index contributed by atoms with van der Waals surface area (Å²) in [6, 6.07) is 2.57. The summed E-state index contributed by atoms with van der Waals surface area (Å²) in [5.41, 5.74) is 3.52. The molecule has 0 aliphatic heterocycles. The van der Waals surface area contributed by atoms with Gasteiger partial charge in [-0.05, 0) is 50.1 Å². The van der Waals surface area contributed by atoms with Gasteiger partial charge < -0.3 is 20.7 Å². The van der Waals surface area contributed by atoms with Crippen molar-refractivity contribution < 1.29 is 19.2 Å². The summed E-state index contributed by atoms with van der Waals surface area (Å²) in [7, 11) is 0. The highest BCUT2D eigenvalue weighted by Crippen LogP contribution is 2.19. The molecule has 0 aliphatic rings. The maximum absolute atomic E-state index is 13.2. The van der Waals surface area contributed by atoms with Crippen molar-refractivity contribution in [1.82, 2.24) is 20.9 Å². The number of allylic oxidation sites excluding steroid dienone is 3. The van der Waals surface area contributed by atoms with E-state index >= 15 is 0 Å². The van der Waals surface area contributed by atoms with E-state index in [4.69, 9.17) is 6.42 Å². The van der Waals surface area contributed by atoms with Gasteiger partial charge in [0.2, 0.25) is 11.8 Å². The van der Waals surface area contributed by atoms with Crippen LogP contribution < -0.4 is 16.0 Å². The number of terminal acetylenes is 1. The number of hydrogen-bond acceptors (Lipinski definition) is 6. The highest BCUT2D eigenvalue weighted by Gasteiger charge is 2.26. The zero-order valence-corrected chi connectivity index (χ0v) is 21.6. The first-order chi connectivity index (χ1) is 17.3. The molecule has 0 bridgehead atoms. The third kappa shape index (κ3) is 8.47. The van der Waals surface area contributed by atoms with Gasteiger partial charge in [0.25, 0.3) is 5.91 Å². The Hall–Kier alpha value is -3.77. The number of fused-ring (bicyclic) bond motifs is 1. The fourth-order valence-corrected chi connectivity index (χ4v) is 4.18. The van der Waals surface area contributed by atoms with E-state index in [0.29, 0.717) is 23.8 Å². The van der Waals surface area contributed by atoms with Gasteiger partial charge in [-0.25, -0.2) is 4.98 Å². The molecule has 2 aromatic rings. The Bertz CT molecular complexity index is 1180. The lowest BCUT2D eigenvalue weighted by molar-refractivity contribution is -0.130. The summed E-state index contributed by atoms with van der Waals surface area (Å²) < 4.78 is 0.851. The molecule has 0 saturated heterocycles. The smallest absolute Gasteiger partial charge is 0.251 e. The molecule has 0 radical (unpaired) electrons. The number of thiazole rings is 1. The predicted octanol–water partition coefficient (Wildman–Crippen LogP) is 3.30. The largest absolute Gasteiger partial charge is 0.345 e. The monoisotopic (exact) mass is 508 g/mol. The van der Waals surface area contributed by atoms with E-state index < -0.39 is 35.8 Å². The summed E-state index contributed by atoms with van der Waals surface area (Å²) in [6.45, 7) is 5.33. The van der Waals surface area contributed by atoms with Gasteiger partial charge in [-0.15, -0.1) is 17.8 Å². The first kappa shape index (κ1) is 28.5. The summed E-state index contributed by atoms with van der Waals surface area (Å²) >= 11 is 1.41. The van der Waals surface area contributed by atoms with Gasteiger partial charge in [0, 0.05) is 12.0 Å². The Balaban J connectivity index is 2.18. The molecule has 9 heteroatoms. The highest BCUT2D eigenvalue weighted by atomic mass is 32.1. The molecule has 1 aromatic heterocycles. The van der Waals surface area contributed by atoms with Crippen molar-refractivity contribution in [2.45, 2.75) is 64.6 Å². The topological polar surface area (TPSA) is 117 Å². The first-order valence-corrected chi connectivity index (χ1v) is 12.7. The minimum absolute atomic E-state index is 0.122. The number of rotatable bonds is 13. The van der Waals surface area contributed by atoms with Crippen LogP contribution in [0.1, 0.15) is 56.8 Å². The van der Waals surface area contributed by atoms with E-state index in [9.17, 15) is 19.2 Å². The van der Waals surface area contributed by atoms with Crippen LogP contribution in [-0.2, 0) is 14.4 Å². The quantitative estimate of drug-likeness (QED) is 0.218. The van der Waals surface area contributed by atoms with E-state index in [1.54, 1.807) is 35.9 Å². The van der Waals surface area contributed by atoms with Crippen molar-refractivity contribution in [3.05, 3.63) is 53.1 Å². The second kappa shape index (κ2) is 14.6. The summed E-state index contributed by atoms with van der Waals surface area (Å²) in [5, 5.41) is 8.05. The summed E-state index contributed by atoms with van der Waals surface area (Å²) in [4.78, 5) is 54.3. The van der Waals surface area contributed by atoms with Crippen LogP contribution in [0.3, 0.4) is 0 Å². The van der Waals surface area contributed by atoms with Gasteiger partial charge in [-0.2, -0.15) is 0 Å². The SMILES string of the molecule is C#CC=C(C=CC)CC(NC(=O)c1ccc2ncsc2c1)C(=O)NC(C)C(=O)NC(C=O)CCCC. The number of benzene rings is 1. The number of carbonyl (C=O) groups is 4. The van der Waals surface area contributed by atoms with Crippen molar-refractivity contribution in [3.63, 3.8) is 0 Å². The van der Waals surface area contributed by atoms with Crippen LogP contribution in [0, 0.1) is 12.3 Å². The molecule has 2 rings (SSSR count). The lowest BCUT2D eigenvalue weighted by Gasteiger charge is -2.22. The number of carbonyl (C=O) groups excluding carboxylic acids is 4. The second-order valence-electron chi connectivity index (χ2n) is 8.27. The lowest BCUT2D eigenvalue weighted by atomic mass is 10.0. The Morgan fingerprint density at radius 3 is 2.64 bits per heavy atom. The fourth-order valence-electron chi connectivity index (χ4n) is 3.46. The van der Waals surface area contributed by atoms with Crippen LogP contribution in [0.2, 0.25) is 0 Å². The number of unbranched alkanes of at least 4 members (excludes halogenated alkanes) is 1. The van der Waals surface area contributed by atoms with Crippen molar-refractivity contribution >= 4 is 45.6 Å². The molecule has 3 unspecified atom stereocenters. The molecule has 190 valence electrons. The molecule has 0 saturated carbocycles. The third-order valence-corrected chi connectivity index (χ3v) is 6.21. The molecule has 0 fully saturated rings. The van der Waals surface area contributed by atoms with Gasteiger partial charge in [-0.1, -0.05) is 37.8 Å². The van der Waals surface area contributed by atoms with Crippen LogP contribution in [-0.4, -0.2) is 47.1 Å². The zero-order chi connectivity index (χ0) is 26.5. The van der Waals surface area contributed by atoms with Crippen molar-refractivity contribution in [3.8, 4) is 12.3 Å². The van der Waals surface area contributed by atoms with Crippen molar-refractivity contribution in [2.24, 2.45) is 0 Å². The van der Waals surface area contributed by atoms with Gasteiger partial charge in [0.1, 0.15) is 18.4 Å². The van der Waals surface area contributed by atoms with Crippen LogP contribution in [0.25, 0.3) is 10.2 Å². The molecule has 8 nitrogen and oxygen atoms in total. The maximum atomic E-state index is 13.2. The molecule has 1 heterocycles. The second-order valence-corrected chi connectivity index (χ2v) is 9.16. The van der Waals surface area contributed by atoms with E-state index in [2.05, 4.69) is 26.9 Å². The Kier molecular flexibility index (Phi) is 11.5. The molecule has 0 aliphatic carbocycles. The van der Waals surface area contributed by atoms with E-state index in [1.165, 1.54) is 24.3 Å². The van der Waals surface area contributed by atoms with Gasteiger partial charge >= 0.3 is 0 Å². The molecule has 0 spiro atoms. The number of nitrogens with zero attached hydrogens (tertiary/aromatic N) is 1. The van der Waals surface area contributed by atoms with Gasteiger partial charge in [0.05, 0.1) is 21.8 Å². The molecule has 3 N–H and O–H groups in total. The van der Waals surface area contributed by atoms with Crippen LogP contribution in [0.5, 0.6) is 0 Å². The van der Waals surface area contributed by atoms with Gasteiger partial charge in [-0.3, -0.25) is 14.4 Å². The normalized spacial score (nSPS) is 14.0. The van der Waals surface area contributed by atoms with Crippen LogP contribution in [0.4, 0.5) is 0 Å². The van der Waals surface area contributed by atoms with Crippen LogP contribution in [0.15, 0.2) is 47.5 Å². The Morgan fingerprint density at radius 2 is 1.97 bits per heavy atom. The van der Waals surface area contributed by atoms with Crippen LogP contribution >= 0.6 is 11.3 Å². The molecule has 3 atom stereocenters. The van der Waals surface area contributed by atoms with Gasteiger partial charge in [0.15, 0.2) is 0 Å². The highest BCUT2D eigenvalue weighted by molar-refractivity contribution is 7.16. The number of amides is 3. The number of aromatic nitrogens is 1. The Labute approximate surface area is 215 Å². The summed E-state index contributed by atoms with van der Waals surface area (Å²) in [6.07, 6.45) is 13.5. The number of nitrogens with one attached hydrogen (secondary N) is 3. The molecule has 3 amide bonds. The van der Waals surface area contributed by atoms with E-state index in [0.717, 1.165) is 23.1 Å². The van der Waals surface area contributed by atoms with E-state index in [-0.39, 0.29) is 6.42 Å². The Morgan fingerprint density at radius 1 is 1.19 bits per heavy atom. The maximum Gasteiger partial charge on any atom is 0.251 e. The van der Waals surface area contributed by atoms with Crippen molar-refractivity contribution in [2.75, 3.05) is 0 Å². The average molecular weight is 509 g/mol. The molecule has 36 heavy (non-hydrogen) atoms. The minimum atomic E-state index is -0.998. The predicted molar refractivity (Wildman–Crippen MR) is 142 cm³/mol. The third-order valence-electron chi connectivity index (χ3n) is 5.42. The molecule has 1 aromatic carbocycles. The average Bonchev–Trinajstić information content (AvgIpc) is 3.34. The first-order valence-electron chi connectivity index (χ1n) is 11.8. The zero-order valence-electron chi connectivity index (χ0n) is 20.7. The fraction of sp³-hybridized carbons (Fsp3) is 0.370. The van der Waals surface area contributed by atoms with Crippen molar-refractivity contribution in [1.29, 1.82) is 0 Å².